The van der Waals surface area contributed by atoms with Crippen molar-refractivity contribution >= 4 is 18.8 Å². The fraction of sp³-hybridized carbons (Fsp3) is 0.538. The van der Waals surface area contributed by atoms with Gasteiger partial charge in [0.1, 0.15) is 16.7 Å². The Kier molecular flexibility index (Phi) is 4.28. The molecule has 0 aliphatic heterocycles. The van der Waals surface area contributed by atoms with Crippen molar-refractivity contribution < 1.29 is 4.62 Å². The lowest BCUT2D eigenvalue weighted by Gasteiger charge is -2.35. The average molecular weight is 296 g/mol. The third kappa shape index (κ3) is 2.39. The Morgan fingerprint density at radius 1 is 1.10 bits per heavy atom. The van der Waals surface area contributed by atoms with E-state index in [0.29, 0.717) is 5.66 Å². The van der Waals surface area contributed by atoms with E-state index in [1.165, 1.54) is 0 Å². The Labute approximate surface area is 120 Å². The van der Waals surface area contributed by atoms with Crippen LogP contribution in [0.15, 0.2) is 24.3 Å². The zero-order valence-electron chi connectivity index (χ0n) is 13.0. The highest BCUT2D eigenvalue weighted by atomic mass is 31.2. The highest BCUT2D eigenvalue weighted by Gasteiger charge is 2.53. The summed E-state index contributed by atoms with van der Waals surface area (Å²) >= 11 is 0. The molecule has 0 bridgehead atoms. The smallest absolute Gasteiger partial charge is 0.204 e. The quantitative estimate of drug-likeness (QED) is 0.791. The highest BCUT2D eigenvalue weighted by molar-refractivity contribution is 7.67. The fourth-order valence-electron chi connectivity index (χ4n) is 2.54. The van der Waals surface area contributed by atoms with Gasteiger partial charge >= 0.3 is 7.79 Å². The summed E-state index contributed by atoms with van der Waals surface area (Å²) in [5, 5.41) is 8.30. The summed E-state index contributed by atoms with van der Waals surface area (Å²) in [6.07, 6.45) is 0. The van der Waals surface area contributed by atoms with Crippen molar-refractivity contribution in [1.82, 2.24) is 24.5 Å². The van der Waals surface area contributed by atoms with Crippen LogP contribution in [0.1, 0.15) is 13.8 Å². The number of para-hydroxylation sites is 1. The molecule has 7 heteroatoms. The Morgan fingerprint density at radius 3 is 2.25 bits per heavy atom. The first kappa shape index (κ1) is 15.2. The van der Waals surface area contributed by atoms with Crippen LogP contribution in [0, 0.1) is 0 Å². The fourth-order valence-corrected chi connectivity index (χ4v) is 5.94. The number of hydrogen-bond donors (Lipinski definition) is 0. The van der Waals surface area contributed by atoms with Crippen molar-refractivity contribution in [2.24, 2.45) is 0 Å². The second kappa shape index (κ2) is 5.64. The number of fused-ring (bicyclic) bond motifs is 1. The van der Waals surface area contributed by atoms with Crippen LogP contribution in [0.25, 0.3) is 11.0 Å². The molecule has 1 heterocycles. The van der Waals surface area contributed by atoms with Gasteiger partial charge in [0.2, 0.25) is 0 Å². The van der Waals surface area contributed by atoms with Crippen LogP contribution in [-0.4, -0.2) is 58.3 Å². The van der Waals surface area contributed by atoms with Gasteiger partial charge in [-0.15, -0.1) is 14.4 Å². The van der Waals surface area contributed by atoms with E-state index in [1.54, 1.807) is 4.85 Å². The zero-order chi connectivity index (χ0) is 14.9. The average Bonchev–Trinajstić information content (AvgIpc) is 2.77. The third-order valence-corrected chi connectivity index (χ3v) is 7.37. The SMILES string of the molecule is CC(C)[P+](On1nnc2ccccc21)(N(C)C)N(C)C. The van der Waals surface area contributed by atoms with Gasteiger partial charge in [0.15, 0.2) is 0 Å². The van der Waals surface area contributed by atoms with Crippen molar-refractivity contribution in [2.75, 3.05) is 28.2 Å². The molecule has 20 heavy (non-hydrogen) atoms. The maximum atomic E-state index is 6.35. The van der Waals surface area contributed by atoms with Gasteiger partial charge in [0, 0.05) is 28.2 Å². The number of rotatable bonds is 5. The summed E-state index contributed by atoms with van der Waals surface area (Å²) in [4.78, 5) is 1.56. The van der Waals surface area contributed by atoms with Gasteiger partial charge in [-0.25, -0.2) is 4.62 Å². The monoisotopic (exact) mass is 296 g/mol. The van der Waals surface area contributed by atoms with Gasteiger partial charge in [-0.1, -0.05) is 12.1 Å². The minimum Gasteiger partial charge on any atom is -0.204 e. The van der Waals surface area contributed by atoms with Crippen molar-refractivity contribution in [1.29, 1.82) is 0 Å². The van der Waals surface area contributed by atoms with E-state index in [-0.39, 0.29) is 0 Å². The molecule has 0 aliphatic rings. The predicted molar refractivity (Wildman–Crippen MR) is 83.5 cm³/mol. The minimum atomic E-state index is -1.98. The van der Waals surface area contributed by atoms with Crippen LogP contribution < -0.4 is 4.62 Å². The van der Waals surface area contributed by atoms with Gasteiger partial charge in [-0.2, -0.15) is 0 Å². The maximum absolute atomic E-state index is 6.35. The molecule has 0 amide bonds. The van der Waals surface area contributed by atoms with E-state index in [2.05, 4.69) is 33.5 Å². The van der Waals surface area contributed by atoms with Gasteiger partial charge in [0.25, 0.3) is 0 Å². The summed E-state index contributed by atoms with van der Waals surface area (Å²) in [6, 6.07) is 7.81. The lowest BCUT2D eigenvalue weighted by molar-refractivity contribution is 0.210. The summed E-state index contributed by atoms with van der Waals surface area (Å²) in [5.41, 5.74) is 2.07. The van der Waals surface area contributed by atoms with E-state index in [9.17, 15) is 0 Å². The lowest BCUT2D eigenvalue weighted by atomic mass is 10.3. The summed E-state index contributed by atoms with van der Waals surface area (Å²) in [7, 11) is 6.22. The Balaban J connectivity index is 2.47. The van der Waals surface area contributed by atoms with E-state index >= 15 is 0 Å². The molecule has 1 aromatic carbocycles. The van der Waals surface area contributed by atoms with Crippen LogP contribution in [-0.2, 0) is 0 Å². The number of benzene rings is 1. The van der Waals surface area contributed by atoms with E-state index in [4.69, 9.17) is 4.62 Å². The predicted octanol–water partition coefficient (Wildman–Crippen LogP) is 2.15. The first-order chi connectivity index (χ1) is 9.39. The third-order valence-electron chi connectivity index (χ3n) is 3.34. The van der Waals surface area contributed by atoms with Crippen LogP contribution in [0.2, 0.25) is 0 Å². The normalized spacial score (nSPS) is 12.8. The molecule has 0 unspecified atom stereocenters. The van der Waals surface area contributed by atoms with E-state index in [0.717, 1.165) is 11.0 Å². The molecule has 0 radical (unpaired) electrons. The van der Waals surface area contributed by atoms with Crippen LogP contribution >= 0.6 is 7.79 Å². The maximum Gasteiger partial charge on any atom is 0.371 e. The largest absolute Gasteiger partial charge is 0.371 e. The Hall–Kier alpha value is -1.23. The second-order valence-electron chi connectivity index (χ2n) is 5.41. The van der Waals surface area contributed by atoms with Crippen LogP contribution in [0.3, 0.4) is 0 Å². The molecule has 6 nitrogen and oxygen atoms in total. The molecule has 0 fully saturated rings. The molecule has 0 atom stereocenters. The zero-order valence-corrected chi connectivity index (χ0v) is 13.9. The first-order valence-electron chi connectivity index (χ1n) is 6.64. The molecule has 0 spiro atoms. The van der Waals surface area contributed by atoms with Crippen LogP contribution in [0.4, 0.5) is 0 Å². The molecular weight excluding hydrogens is 273 g/mol. The molecule has 0 N–H and O–H groups in total. The Morgan fingerprint density at radius 2 is 1.70 bits per heavy atom. The van der Waals surface area contributed by atoms with Gasteiger partial charge in [0.05, 0.1) is 0 Å². The molecular formula is C13H23N5OP+. The summed E-state index contributed by atoms with van der Waals surface area (Å²) < 4.78 is 10.7. The topological polar surface area (TPSA) is 46.4 Å². The molecule has 110 valence electrons. The molecule has 0 saturated carbocycles. The first-order valence-corrected chi connectivity index (χ1v) is 8.32. The molecule has 2 aromatic rings. The second-order valence-corrected chi connectivity index (χ2v) is 9.38. The van der Waals surface area contributed by atoms with Gasteiger partial charge < -0.3 is 0 Å². The standard InChI is InChI=1S/C13H23N5OP/c1-11(2)20(16(3)4,17(5)6)19-18-13-10-8-7-9-12(13)14-15-18/h7-11H,1-6H3/q+1. The summed E-state index contributed by atoms with van der Waals surface area (Å²) in [6.45, 7) is 4.35. The van der Waals surface area contributed by atoms with Gasteiger partial charge in [-0.05, 0) is 36.0 Å². The van der Waals surface area contributed by atoms with Crippen LogP contribution in [0.5, 0.6) is 0 Å². The van der Waals surface area contributed by atoms with E-state index in [1.807, 2.05) is 52.5 Å². The summed E-state index contributed by atoms with van der Waals surface area (Å²) in [5.74, 6) is 0. The van der Waals surface area contributed by atoms with Crippen molar-refractivity contribution in [3.8, 4) is 0 Å². The molecule has 2 rings (SSSR count). The number of hydrogen-bond acceptors (Lipinski definition) is 5. The highest BCUT2D eigenvalue weighted by Crippen LogP contribution is 2.64. The van der Waals surface area contributed by atoms with Crippen molar-refractivity contribution in [3.63, 3.8) is 0 Å². The Bertz CT molecular complexity index is 559. The number of aromatic nitrogens is 3. The number of nitrogens with zero attached hydrogens (tertiary/aromatic N) is 5. The van der Waals surface area contributed by atoms with Crippen molar-refractivity contribution in [2.45, 2.75) is 19.5 Å². The van der Waals surface area contributed by atoms with Crippen molar-refractivity contribution in [3.05, 3.63) is 24.3 Å². The molecule has 0 aliphatic carbocycles. The van der Waals surface area contributed by atoms with Gasteiger partial charge in [-0.3, -0.25) is 0 Å². The minimum absolute atomic E-state index is 0.343. The van der Waals surface area contributed by atoms with E-state index < -0.39 is 7.79 Å². The molecule has 1 aromatic heterocycles. The molecule has 0 saturated heterocycles. The lowest BCUT2D eigenvalue weighted by Crippen LogP contribution is -2.39.